The van der Waals surface area contributed by atoms with E-state index < -0.39 is 10.0 Å². The smallest absolute Gasteiger partial charge is 0.264 e. The van der Waals surface area contributed by atoms with Gasteiger partial charge in [-0.15, -0.1) is 6.58 Å². The average Bonchev–Trinajstić information content (AvgIpc) is 2.34. The Kier molecular flexibility index (Phi) is 5.36. The summed E-state index contributed by atoms with van der Waals surface area (Å²) in [4.78, 5) is 0.305. The molecule has 0 saturated heterocycles. The van der Waals surface area contributed by atoms with Gasteiger partial charge in [-0.3, -0.25) is 4.31 Å². The van der Waals surface area contributed by atoms with E-state index in [1.165, 1.54) is 4.31 Å². The lowest BCUT2D eigenvalue weighted by Crippen LogP contribution is -2.30. The molecule has 0 N–H and O–H groups in total. The van der Waals surface area contributed by atoms with Crippen molar-refractivity contribution < 1.29 is 8.42 Å². The number of rotatable bonds is 7. The lowest BCUT2D eigenvalue weighted by atomic mass is 10.2. The Morgan fingerprint density at radius 2 is 1.89 bits per heavy atom. The molecule has 1 aromatic rings. The van der Waals surface area contributed by atoms with Crippen LogP contribution in [-0.2, 0) is 10.0 Å². The normalized spacial score (nSPS) is 11.1. The third kappa shape index (κ3) is 3.96. The number of sulfonamides is 1. The number of hydrogen-bond acceptors (Lipinski definition) is 2. The van der Waals surface area contributed by atoms with Crippen molar-refractivity contribution in [2.45, 2.75) is 31.6 Å². The highest BCUT2D eigenvalue weighted by Gasteiger charge is 2.23. The molecule has 0 atom stereocenters. The molecular formula is C15H21NO2S. The highest BCUT2D eigenvalue weighted by Crippen LogP contribution is 2.20. The third-order valence-electron chi connectivity index (χ3n) is 2.80. The molecule has 0 amide bonds. The van der Waals surface area contributed by atoms with Gasteiger partial charge in [-0.1, -0.05) is 30.4 Å². The SMILES string of the molecule is C=CCCCN(C(=C)C)S(=O)(=O)c1ccc(C)cc1. The minimum absolute atomic E-state index is 0.305. The van der Waals surface area contributed by atoms with Crippen LogP contribution in [0, 0.1) is 6.92 Å². The first-order valence-electron chi connectivity index (χ1n) is 6.25. The average molecular weight is 279 g/mol. The Morgan fingerprint density at radius 3 is 2.37 bits per heavy atom. The lowest BCUT2D eigenvalue weighted by Gasteiger charge is -2.24. The largest absolute Gasteiger partial charge is 0.271 e. The van der Waals surface area contributed by atoms with Gasteiger partial charge in [-0.2, -0.15) is 0 Å². The summed E-state index contributed by atoms with van der Waals surface area (Å²) < 4.78 is 26.4. The van der Waals surface area contributed by atoms with E-state index >= 15 is 0 Å². The van der Waals surface area contributed by atoms with Crippen molar-refractivity contribution in [3.63, 3.8) is 0 Å². The predicted molar refractivity (Wildman–Crippen MR) is 79.3 cm³/mol. The first-order valence-corrected chi connectivity index (χ1v) is 7.69. The molecular weight excluding hydrogens is 258 g/mol. The standard InChI is InChI=1S/C15H21NO2S/c1-5-6-7-12-16(13(2)3)19(17,18)15-10-8-14(4)9-11-15/h5,8-11H,1-2,6-7,12H2,3-4H3. The van der Waals surface area contributed by atoms with Gasteiger partial charge in [-0.25, -0.2) is 8.42 Å². The van der Waals surface area contributed by atoms with Gasteiger partial charge in [0.15, 0.2) is 0 Å². The van der Waals surface area contributed by atoms with Crippen LogP contribution in [-0.4, -0.2) is 19.3 Å². The van der Waals surface area contributed by atoms with Gasteiger partial charge < -0.3 is 0 Å². The van der Waals surface area contributed by atoms with Crippen molar-refractivity contribution in [1.82, 2.24) is 4.31 Å². The first kappa shape index (κ1) is 15.5. The van der Waals surface area contributed by atoms with Crippen LogP contribution in [0.4, 0.5) is 0 Å². The van der Waals surface area contributed by atoms with Crippen LogP contribution in [0.1, 0.15) is 25.3 Å². The van der Waals surface area contributed by atoms with Crippen LogP contribution in [0.5, 0.6) is 0 Å². The van der Waals surface area contributed by atoms with Gasteiger partial charge in [0.25, 0.3) is 10.0 Å². The van der Waals surface area contributed by atoms with E-state index in [4.69, 9.17) is 0 Å². The minimum atomic E-state index is -3.50. The van der Waals surface area contributed by atoms with E-state index in [-0.39, 0.29) is 0 Å². The van der Waals surface area contributed by atoms with Crippen LogP contribution < -0.4 is 0 Å². The summed E-state index contributed by atoms with van der Waals surface area (Å²) >= 11 is 0. The number of benzene rings is 1. The van der Waals surface area contributed by atoms with E-state index in [9.17, 15) is 8.42 Å². The number of aryl methyl sites for hydroxylation is 1. The maximum Gasteiger partial charge on any atom is 0.264 e. The lowest BCUT2D eigenvalue weighted by molar-refractivity contribution is 0.469. The van der Waals surface area contributed by atoms with E-state index in [2.05, 4.69) is 13.2 Å². The number of unbranched alkanes of at least 4 members (excludes halogenated alkanes) is 1. The molecule has 4 heteroatoms. The highest BCUT2D eigenvalue weighted by molar-refractivity contribution is 7.89. The molecule has 0 saturated carbocycles. The van der Waals surface area contributed by atoms with Gasteiger partial charge >= 0.3 is 0 Å². The maximum absolute atomic E-state index is 12.5. The molecule has 0 aliphatic heterocycles. The van der Waals surface area contributed by atoms with Crippen LogP contribution in [0.3, 0.4) is 0 Å². The molecule has 1 aromatic carbocycles. The van der Waals surface area contributed by atoms with Gasteiger partial charge in [0.1, 0.15) is 0 Å². The van der Waals surface area contributed by atoms with E-state index in [0.29, 0.717) is 17.1 Å². The van der Waals surface area contributed by atoms with Gasteiger partial charge in [-0.05, 0) is 38.8 Å². The quantitative estimate of drug-likeness (QED) is 0.566. The molecule has 0 spiro atoms. The van der Waals surface area contributed by atoms with Gasteiger partial charge in [0.2, 0.25) is 0 Å². The van der Waals surface area contributed by atoms with Crippen molar-refractivity contribution in [2.75, 3.05) is 6.54 Å². The third-order valence-corrected chi connectivity index (χ3v) is 4.75. The Labute approximate surface area is 116 Å². The second kappa shape index (κ2) is 6.57. The highest BCUT2D eigenvalue weighted by atomic mass is 32.2. The van der Waals surface area contributed by atoms with Crippen LogP contribution in [0.15, 0.2) is 54.1 Å². The fraction of sp³-hybridized carbons (Fsp3) is 0.333. The molecule has 0 aromatic heterocycles. The monoisotopic (exact) mass is 279 g/mol. The molecule has 0 fully saturated rings. The second-order valence-corrected chi connectivity index (χ2v) is 6.42. The van der Waals surface area contributed by atoms with Crippen molar-refractivity contribution in [3.05, 3.63) is 54.8 Å². The molecule has 19 heavy (non-hydrogen) atoms. The Morgan fingerprint density at radius 1 is 1.32 bits per heavy atom. The first-order chi connectivity index (χ1) is 8.89. The van der Waals surface area contributed by atoms with E-state index in [1.54, 1.807) is 37.3 Å². The molecule has 0 aliphatic rings. The summed E-state index contributed by atoms with van der Waals surface area (Å²) in [6.45, 7) is 11.5. The molecule has 104 valence electrons. The fourth-order valence-corrected chi connectivity index (χ4v) is 3.25. The zero-order valence-corrected chi connectivity index (χ0v) is 12.4. The summed E-state index contributed by atoms with van der Waals surface area (Å²) in [6, 6.07) is 6.86. The van der Waals surface area contributed by atoms with Crippen molar-refractivity contribution in [1.29, 1.82) is 0 Å². The summed E-state index contributed by atoms with van der Waals surface area (Å²) in [5, 5.41) is 0. The van der Waals surface area contributed by atoms with Crippen LogP contribution >= 0.6 is 0 Å². The Bertz CT molecular complexity index is 544. The summed E-state index contributed by atoms with van der Waals surface area (Å²) in [6.07, 6.45) is 3.31. The summed E-state index contributed by atoms with van der Waals surface area (Å²) in [5.41, 5.74) is 1.57. The summed E-state index contributed by atoms with van der Waals surface area (Å²) in [7, 11) is -3.50. The molecule has 0 aliphatic carbocycles. The molecule has 0 heterocycles. The van der Waals surface area contributed by atoms with Crippen LogP contribution in [0.2, 0.25) is 0 Å². The topological polar surface area (TPSA) is 37.4 Å². The maximum atomic E-state index is 12.5. The number of hydrogen-bond donors (Lipinski definition) is 0. The zero-order valence-electron chi connectivity index (χ0n) is 11.6. The molecule has 3 nitrogen and oxygen atoms in total. The zero-order chi connectivity index (χ0) is 14.5. The van der Waals surface area contributed by atoms with Crippen molar-refractivity contribution in [2.24, 2.45) is 0 Å². The minimum Gasteiger partial charge on any atom is -0.271 e. The van der Waals surface area contributed by atoms with Gasteiger partial charge in [0, 0.05) is 12.2 Å². The molecule has 1 rings (SSSR count). The Balaban J connectivity index is 3.02. The Hall–Kier alpha value is -1.55. The second-order valence-electron chi connectivity index (χ2n) is 4.56. The fourth-order valence-electron chi connectivity index (χ4n) is 1.73. The van der Waals surface area contributed by atoms with Crippen LogP contribution in [0.25, 0.3) is 0 Å². The molecule has 0 bridgehead atoms. The molecule has 0 unspecified atom stereocenters. The van der Waals surface area contributed by atoms with E-state index in [0.717, 1.165) is 18.4 Å². The summed E-state index contributed by atoms with van der Waals surface area (Å²) in [5.74, 6) is 0. The molecule has 0 radical (unpaired) electrons. The number of nitrogens with zero attached hydrogens (tertiary/aromatic N) is 1. The predicted octanol–water partition coefficient (Wildman–Crippen LogP) is 3.49. The van der Waals surface area contributed by atoms with Crippen molar-refractivity contribution >= 4 is 10.0 Å². The van der Waals surface area contributed by atoms with Gasteiger partial charge in [0.05, 0.1) is 4.90 Å². The number of allylic oxidation sites excluding steroid dienone is 2. The van der Waals surface area contributed by atoms with Crippen molar-refractivity contribution in [3.8, 4) is 0 Å². The van der Waals surface area contributed by atoms with E-state index in [1.807, 2.05) is 6.92 Å².